The fourth-order valence-electron chi connectivity index (χ4n) is 1.77. The molecule has 0 spiro atoms. The average Bonchev–Trinajstić information content (AvgIpc) is 2.07. The van der Waals surface area contributed by atoms with Crippen LogP contribution in [-0.2, 0) is 4.79 Å². The molecular formula is C12H16OS. The van der Waals surface area contributed by atoms with Gasteiger partial charge in [-0.15, -0.1) is 12.6 Å². The van der Waals surface area contributed by atoms with E-state index in [1.165, 1.54) is 0 Å². The normalized spacial score (nSPS) is 12.9. The van der Waals surface area contributed by atoms with Gasteiger partial charge >= 0.3 is 0 Å². The van der Waals surface area contributed by atoms with E-state index in [1.54, 1.807) is 6.92 Å². The molecule has 0 bridgehead atoms. The summed E-state index contributed by atoms with van der Waals surface area (Å²) in [5, 5.41) is 0. The highest BCUT2D eigenvalue weighted by molar-refractivity contribution is 7.80. The summed E-state index contributed by atoms with van der Waals surface area (Å²) in [6.45, 7) is 5.79. The van der Waals surface area contributed by atoms with E-state index in [0.29, 0.717) is 5.92 Å². The van der Waals surface area contributed by atoms with Crippen LogP contribution in [0.1, 0.15) is 32.3 Å². The zero-order valence-corrected chi connectivity index (χ0v) is 9.71. The van der Waals surface area contributed by atoms with E-state index in [1.807, 2.05) is 24.3 Å². The maximum absolute atomic E-state index is 11.5. The molecule has 1 aromatic rings. The number of hydrogen-bond acceptors (Lipinski definition) is 2. The van der Waals surface area contributed by atoms with Crippen molar-refractivity contribution in [2.24, 2.45) is 5.92 Å². The number of hydrogen-bond donors (Lipinski definition) is 1. The van der Waals surface area contributed by atoms with Crippen LogP contribution in [0, 0.1) is 5.92 Å². The molecule has 1 atom stereocenters. The molecule has 1 unspecified atom stereocenters. The summed E-state index contributed by atoms with van der Waals surface area (Å²) in [6.07, 6.45) is 0. The quantitative estimate of drug-likeness (QED) is 0.754. The van der Waals surface area contributed by atoms with Gasteiger partial charge in [0, 0.05) is 10.8 Å². The molecule has 0 amide bonds. The summed E-state index contributed by atoms with van der Waals surface area (Å²) < 4.78 is 0. The molecule has 1 nitrogen and oxygen atoms in total. The lowest BCUT2D eigenvalue weighted by Gasteiger charge is -2.18. The number of thiol groups is 1. The van der Waals surface area contributed by atoms with Crippen molar-refractivity contribution < 1.29 is 4.79 Å². The number of carbonyl (C=O) groups is 1. The van der Waals surface area contributed by atoms with Gasteiger partial charge in [-0.1, -0.05) is 26.0 Å². The Balaban J connectivity index is 3.00. The molecule has 14 heavy (non-hydrogen) atoms. The van der Waals surface area contributed by atoms with Crippen LogP contribution in [0.4, 0.5) is 0 Å². The Morgan fingerprint density at radius 1 is 1.21 bits per heavy atom. The van der Waals surface area contributed by atoms with Gasteiger partial charge < -0.3 is 0 Å². The molecule has 1 rings (SSSR count). The average molecular weight is 208 g/mol. The number of rotatable bonds is 3. The van der Waals surface area contributed by atoms with E-state index in [2.05, 4.69) is 26.5 Å². The largest absolute Gasteiger partial charge is 0.299 e. The predicted molar refractivity (Wildman–Crippen MR) is 62.0 cm³/mol. The van der Waals surface area contributed by atoms with Crippen molar-refractivity contribution in [2.75, 3.05) is 0 Å². The fourth-order valence-corrected chi connectivity index (χ4v) is 1.92. The van der Waals surface area contributed by atoms with Crippen LogP contribution in [0.3, 0.4) is 0 Å². The second kappa shape index (κ2) is 4.65. The molecule has 0 aromatic heterocycles. The number of carbonyl (C=O) groups excluding carboxylic acids is 1. The smallest absolute Gasteiger partial charge is 0.137 e. The van der Waals surface area contributed by atoms with Gasteiger partial charge in [-0.05, 0) is 30.5 Å². The fraction of sp³-hybridized carbons (Fsp3) is 0.417. The van der Waals surface area contributed by atoms with Gasteiger partial charge in [0.15, 0.2) is 0 Å². The maximum atomic E-state index is 11.5. The zero-order chi connectivity index (χ0) is 10.7. The molecule has 0 fully saturated rings. The van der Waals surface area contributed by atoms with Crippen molar-refractivity contribution in [3.63, 3.8) is 0 Å². The van der Waals surface area contributed by atoms with Crippen LogP contribution in [0.2, 0.25) is 0 Å². The highest BCUT2D eigenvalue weighted by atomic mass is 32.1. The van der Waals surface area contributed by atoms with E-state index >= 15 is 0 Å². The Hall–Kier alpha value is -0.760. The highest BCUT2D eigenvalue weighted by Gasteiger charge is 2.19. The summed E-state index contributed by atoms with van der Waals surface area (Å²) in [5.74, 6) is 0.592. The van der Waals surface area contributed by atoms with Crippen molar-refractivity contribution in [3.05, 3.63) is 29.8 Å². The first-order valence-electron chi connectivity index (χ1n) is 4.81. The summed E-state index contributed by atoms with van der Waals surface area (Å²) in [6, 6.07) is 7.82. The highest BCUT2D eigenvalue weighted by Crippen LogP contribution is 2.25. The van der Waals surface area contributed by atoms with Crippen molar-refractivity contribution in [1.82, 2.24) is 0 Å². The van der Waals surface area contributed by atoms with E-state index in [-0.39, 0.29) is 11.7 Å². The summed E-state index contributed by atoms with van der Waals surface area (Å²) >= 11 is 4.22. The molecule has 76 valence electrons. The Bertz CT molecular complexity index is 314. The topological polar surface area (TPSA) is 17.1 Å². The minimum atomic E-state index is 0.0175. The minimum Gasteiger partial charge on any atom is -0.299 e. The first kappa shape index (κ1) is 11.3. The molecule has 0 aliphatic heterocycles. The second-order valence-corrected chi connectivity index (χ2v) is 4.44. The SMILES string of the molecule is CC(=O)C(c1ccc(S)cc1)C(C)C. The Labute approximate surface area is 90.9 Å². The first-order chi connectivity index (χ1) is 6.52. The van der Waals surface area contributed by atoms with Crippen LogP contribution in [0.25, 0.3) is 0 Å². The van der Waals surface area contributed by atoms with E-state index in [0.717, 1.165) is 10.5 Å². The predicted octanol–water partition coefficient (Wildman–Crippen LogP) is 3.30. The standard InChI is InChI=1S/C12H16OS/c1-8(2)12(9(3)13)10-4-6-11(14)7-5-10/h4-8,12,14H,1-3H3. The molecule has 0 saturated heterocycles. The van der Waals surface area contributed by atoms with Crippen LogP contribution >= 0.6 is 12.6 Å². The summed E-state index contributed by atoms with van der Waals surface area (Å²) in [4.78, 5) is 12.4. The van der Waals surface area contributed by atoms with E-state index in [9.17, 15) is 4.79 Å². The maximum Gasteiger partial charge on any atom is 0.137 e. The molecule has 1 aromatic carbocycles. The van der Waals surface area contributed by atoms with Crippen LogP contribution in [0.15, 0.2) is 29.2 Å². The van der Waals surface area contributed by atoms with Crippen LogP contribution < -0.4 is 0 Å². The first-order valence-corrected chi connectivity index (χ1v) is 5.26. The molecular weight excluding hydrogens is 192 g/mol. The third kappa shape index (κ3) is 2.61. The van der Waals surface area contributed by atoms with Crippen LogP contribution in [0.5, 0.6) is 0 Å². The lowest BCUT2D eigenvalue weighted by atomic mass is 9.86. The third-order valence-electron chi connectivity index (χ3n) is 2.36. The van der Waals surface area contributed by atoms with Gasteiger partial charge in [0.05, 0.1) is 0 Å². The Morgan fingerprint density at radius 2 is 1.71 bits per heavy atom. The number of Topliss-reactive ketones (excluding diaryl/α,β-unsaturated/α-hetero) is 1. The van der Waals surface area contributed by atoms with Gasteiger partial charge in [0.25, 0.3) is 0 Å². The summed E-state index contributed by atoms with van der Waals surface area (Å²) in [5.41, 5.74) is 1.09. The van der Waals surface area contributed by atoms with Crippen molar-refractivity contribution >= 4 is 18.4 Å². The molecule has 0 N–H and O–H groups in total. The molecule has 0 radical (unpaired) electrons. The molecule has 0 aliphatic rings. The second-order valence-electron chi connectivity index (χ2n) is 3.92. The number of benzene rings is 1. The molecule has 0 aliphatic carbocycles. The minimum absolute atomic E-state index is 0.0175. The van der Waals surface area contributed by atoms with Gasteiger partial charge in [-0.2, -0.15) is 0 Å². The van der Waals surface area contributed by atoms with E-state index < -0.39 is 0 Å². The Morgan fingerprint density at radius 3 is 2.07 bits per heavy atom. The lowest BCUT2D eigenvalue weighted by Crippen LogP contribution is -2.15. The Kier molecular flexibility index (Phi) is 3.76. The zero-order valence-electron chi connectivity index (χ0n) is 8.82. The molecule has 0 heterocycles. The molecule has 2 heteroatoms. The van der Waals surface area contributed by atoms with Gasteiger partial charge in [-0.25, -0.2) is 0 Å². The van der Waals surface area contributed by atoms with Gasteiger partial charge in [0.1, 0.15) is 5.78 Å². The van der Waals surface area contributed by atoms with Crippen LogP contribution in [-0.4, -0.2) is 5.78 Å². The van der Waals surface area contributed by atoms with Crippen molar-refractivity contribution in [3.8, 4) is 0 Å². The van der Waals surface area contributed by atoms with Gasteiger partial charge in [0.2, 0.25) is 0 Å². The van der Waals surface area contributed by atoms with Crippen molar-refractivity contribution in [1.29, 1.82) is 0 Å². The monoisotopic (exact) mass is 208 g/mol. The third-order valence-corrected chi connectivity index (χ3v) is 2.65. The van der Waals surface area contributed by atoms with Gasteiger partial charge in [-0.3, -0.25) is 4.79 Å². The lowest BCUT2D eigenvalue weighted by molar-refractivity contribution is -0.119. The van der Waals surface area contributed by atoms with E-state index in [4.69, 9.17) is 0 Å². The van der Waals surface area contributed by atoms with Crippen molar-refractivity contribution in [2.45, 2.75) is 31.6 Å². The molecule has 0 saturated carbocycles. The number of ketones is 1. The summed E-state index contributed by atoms with van der Waals surface area (Å²) in [7, 11) is 0.